The summed E-state index contributed by atoms with van der Waals surface area (Å²) in [5, 5.41) is 23.3. The third-order valence-electron chi connectivity index (χ3n) is 17.4. The summed E-state index contributed by atoms with van der Waals surface area (Å²) in [7, 11) is 0. The second-order valence-corrected chi connectivity index (χ2v) is 25.6. The van der Waals surface area contributed by atoms with Gasteiger partial charge in [0.15, 0.2) is 0 Å². The van der Waals surface area contributed by atoms with Gasteiger partial charge < -0.3 is 20.3 Å². The van der Waals surface area contributed by atoms with E-state index in [9.17, 15) is 19.8 Å². The number of aliphatic hydroxyl groups is 2. The number of aliphatic hydroxyl groups excluding tert-OH is 2. The number of hydrogen-bond donors (Lipinski definition) is 3. The number of nitrogens with one attached hydrogen (secondary N) is 1. The Morgan fingerprint density at radius 3 is 0.963 bits per heavy atom. The van der Waals surface area contributed by atoms with Crippen LogP contribution < -0.4 is 5.32 Å². The molecule has 0 aliphatic heterocycles. The summed E-state index contributed by atoms with van der Waals surface area (Å²) in [6.45, 7) is 4.90. The van der Waals surface area contributed by atoms with Crippen molar-refractivity contribution in [3.05, 3.63) is 36.5 Å². The molecule has 0 aliphatic rings. The fourth-order valence-electron chi connectivity index (χ4n) is 11.7. The minimum atomic E-state index is -0.842. The Morgan fingerprint density at radius 1 is 0.341 bits per heavy atom. The normalized spacial score (nSPS) is 12.7. The molecule has 0 saturated carbocycles. The molecule has 0 aromatic heterocycles. The topological polar surface area (TPSA) is 95.9 Å². The van der Waals surface area contributed by atoms with Crippen molar-refractivity contribution in [2.45, 2.75) is 424 Å². The molecular formula is C76H145NO5. The van der Waals surface area contributed by atoms with Crippen LogP contribution in [0, 0.1) is 0 Å². The fraction of sp³-hybridized carbons (Fsp3) is 0.895. The van der Waals surface area contributed by atoms with Crippen LogP contribution in [0.2, 0.25) is 0 Å². The quantitative estimate of drug-likeness (QED) is 0.0320. The monoisotopic (exact) mass is 1150 g/mol. The van der Waals surface area contributed by atoms with Crippen molar-refractivity contribution in [2.24, 2.45) is 0 Å². The molecule has 1 amide bonds. The van der Waals surface area contributed by atoms with E-state index in [1.807, 2.05) is 6.08 Å². The van der Waals surface area contributed by atoms with Crippen LogP contribution in [-0.4, -0.2) is 47.4 Å². The standard InChI is InChI=1S/C76H145NO5/c1-3-5-7-9-11-13-15-17-19-20-21-35-38-41-44-48-52-56-60-64-68-74(79)73(72-78)77-75(80)69-65-61-57-53-49-45-42-39-36-33-31-29-27-25-23-22-24-26-28-30-32-34-37-40-43-47-51-55-59-63-67-71-82-76(81)70-66-62-58-54-50-46-18-16-14-12-10-8-6-4-2/h10,12,16,18,64,68,73-74,78-79H,3-9,11,13-15,17,19-63,65-67,69-72H2,1-2H3,(H,77,80)/b12-10-,18-16-,68-64+. The van der Waals surface area contributed by atoms with Crippen LogP contribution in [-0.2, 0) is 14.3 Å². The van der Waals surface area contributed by atoms with Crippen LogP contribution in [0.5, 0.6) is 0 Å². The first-order chi connectivity index (χ1) is 40.5. The number of amides is 1. The van der Waals surface area contributed by atoms with Gasteiger partial charge >= 0.3 is 5.97 Å². The van der Waals surface area contributed by atoms with Crippen LogP contribution in [0.4, 0.5) is 0 Å². The molecule has 484 valence electrons. The summed E-state index contributed by atoms with van der Waals surface area (Å²) in [5.74, 6) is -0.0537. The van der Waals surface area contributed by atoms with E-state index in [2.05, 4.69) is 43.5 Å². The highest BCUT2D eigenvalue weighted by Crippen LogP contribution is 2.19. The SMILES string of the molecule is CCCC/C=C\C/C=C\CCCCCCCC(=O)OCCCCCCCCCCCCCCCCCCCCCCCCCCCCCCCCCC(=O)NC(CO)C(O)/C=C/CCCCCCCCCCCCCCCCCCCC. The largest absolute Gasteiger partial charge is 0.466 e. The third-order valence-corrected chi connectivity index (χ3v) is 17.4. The van der Waals surface area contributed by atoms with Gasteiger partial charge in [-0.3, -0.25) is 9.59 Å². The molecule has 0 aromatic carbocycles. The van der Waals surface area contributed by atoms with Crippen molar-refractivity contribution >= 4 is 11.9 Å². The number of esters is 1. The van der Waals surface area contributed by atoms with Crippen molar-refractivity contribution in [3.8, 4) is 0 Å². The highest BCUT2D eigenvalue weighted by molar-refractivity contribution is 5.76. The van der Waals surface area contributed by atoms with Crippen LogP contribution >= 0.6 is 0 Å². The molecule has 2 unspecified atom stereocenters. The molecule has 3 N–H and O–H groups in total. The van der Waals surface area contributed by atoms with Crippen LogP contribution in [0.1, 0.15) is 412 Å². The van der Waals surface area contributed by atoms with Crippen molar-refractivity contribution < 1.29 is 24.5 Å². The van der Waals surface area contributed by atoms with Gasteiger partial charge in [-0.2, -0.15) is 0 Å². The Hall–Kier alpha value is -1.92. The number of rotatable bonds is 70. The van der Waals surface area contributed by atoms with Crippen molar-refractivity contribution in [2.75, 3.05) is 13.2 Å². The molecule has 6 nitrogen and oxygen atoms in total. The Morgan fingerprint density at radius 2 is 0.622 bits per heavy atom. The van der Waals surface area contributed by atoms with E-state index in [0.29, 0.717) is 19.4 Å². The molecule has 6 heteroatoms. The van der Waals surface area contributed by atoms with Gasteiger partial charge in [-0.1, -0.05) is 378 Å². The molecule has 0 spiro atoms. The van der Waals surface area contributed by atoms with Gasteiger partial charge in [0.2, 0.25) is 5.91 Å². The van der Waals surface area contributed by atoms with E-state index in [-0.39, 0.29) is 18.5 Å². The molecule has 0 fully saturated rings. The third kappa shape index (κ3) is 67.2. The molecule has 0 saturated heterocycles. The number of allylic oxidation sites excluding steroid dienone is 5. The number of hydrogen-bond acceptors (Lipinski definition) is 5. The van der Waals surface area contributed by atoms with Gasteiger partial charge in [-0.05, 0) is 57.8 Å². The molecule has 0 aromatic rings. The van der Waals surface area contributed by atoms with E-state index >= 15 is 0 Å². The highest BCUT2D eigenvalue weighted by atomic mass is 16.5. The zero-order valence-corrected chi connectivity index (χ0v) is 55.5. The van der Waals surface area contributed by atoms with Crippen molar-refractivity contribution in [3.63, 3.8) is 0 Å². The maximum Gasteiger partial charge on any atom is 0.305 e. The van der Waals surface area contributed by atoms with Gasteiger partial charge in [-0.25, -0.2) is 0 Å². The Bertz CT molecular complexity index is 1330. The van der Waals surface area contributed by atoms with Gasteiger partial charge in [0, 0.05) is 12.8 Å². The minimum Gasteiger partial charge on any atom is -0.466 e. The first-order valence-electron chi connectivity index (χ1n) is 37.3. The second kappa shape index (κ2) is 71.6. The summed E-state index contributed by atoms with van der Waals surface area (Å²) < 4.78 is 5.49. The lowest BCUT2D eigenvalue weighted by Crippen LogP contribution is -2.45. The Labute approximate surface area is 513 Å². The lowest BCUT2D eigenvalue weighted by atomic mass is 10.0. The number of carbonyl (C=O) groups is 2. The van der Waals surface area contributed by atoms with E-state index < -0.39 is 12.1 Å². The number of ether oxygens (including phenoxy) is 1. The lowest BCUT2D eigenvalue weighted by Gasteiger charge is -2.20. The Balaban J connectivity index is 3.36. The second-order valence-electron chi connectivity index (χ2n) is 25.6. The molecule has 82 heavy (non-hydrogen) atoms. The lowest BCUT2D eigenvalue weighted by molar-refractivity contribution is -0.143. The predicted octanol–water partition coefficient (Wildman–Crippen LogP) is 24.3. The van der Waals surface area contributed by atoms with E-state index in [0.717, 1.165) is 51.4 Å². The van der Waals surface area contributed by atoms with E-state index in [1.54, 1.807) is 6.08 Å². The number of unbranched alkanes of at least 4 members (excludes halogenated alkanes) is 55. The molecule has 0 aliphatic carbocycles. The molecular weight excluding hydrogens is 1010 g/mol. The summed E-state index contributed by atoms with van der Waals surface area (Å²) in [4.78, 5) is 24.6. The predicted molar refractivity (Wildman–Crippen MR) is 361 cm³/mol. The maximum atomic E-state index is 12.5. The van der Waals surface area contributed by atoms with Crippen LogP contribution in [0.15, 0.2) is 36.5 Å². The summed E-state index contributed by atoms with van der Waals surface area (Å²) in [6.07, 6.45) is 92.4. The molecule has 0 bridgehead atoms. The summed E-state index contributed by atoms with van der Waals surface area (Å²) in [6, 6.07) is -0.626. The van der Waals surface area contributed by atoms with Gasteiger partial charge in [0.1, 0.15) is 0 Å². The van der Waals surface area contributed by atoms with Gasteiger partial charge in [0.05, 0.1) is 25.4 Å². The fourth-order valence-corrected chi connectivity index (χ4v) is 11.7. The maximum absolute atomic E-state index is 12.5. The molecule has 0 heterocycles. The van der Waals surface area contributed by atoms with Gasteiger partial charge in [-0.15, -0.1) is 0 Å². The molecule has 0 radical (unpaired) electrons. The van der Waals surface area contributed by atoms with E-state index in [1.165, 1.54) is 334 Å². The van der Waals surface area contributed by atoms with Crippen LogP contribution in [0.3, 0.4) is 0 Å². The highest BCUT2D eigenvalue weighted by Gasteiger charge is 2.18. The summed E-state index contributed by atoms with van der Waals surface area (Å²) >= 11 is 0. The molecule has 2 atom stereocenters. The average Bonchev–Trinajstić information content (AvgIpc) is 3.48. The molecule has 0 rings (SSSR count). The van der Waals surface area contributed by atoms with Crippen LogP contribution in [0.25, 0.3) is 0 Å². The van der Waals surface area contributed by atoms with E-state index in [4.69, 9.17) is 4.74 Å². The smallest absolute Gasteiger partial charge is 0.305 e. The van der Waals surface area contributed by atoms with Crippen molar-refractivity contribution in [1.29, 1.82) is 0 Å². The number of carbonyl (C=O) groups excluding carboxylic acids is 2. The zero-order chi connectivity index (χ0) is 59.2. The zero-order valence-electron chi connectivity index (χ0n) is 55.5. The first kappa shape index (κ1) is 80.1. The van der Waals surface area contributed by atoms with Crippen molar-refractivity contribution in [1.82, 2.24) is 5.32 Å². The Kier molecular flexibility index (Phi) is 69.9. The minimum absolute atomic E-state index is 0.00617. The summed E-state index contributed by atoms with van der Waals surface area (Å²) in [5.41, 5.74) is 0. The average molecular weight is 1150 g/mol. The first-order valence-corrected chi connectivity index (χ1v) is 37.3. The van der Waals surface area contributed by atoms with Gasteiger partial charge in [0.25, 0.3) is 0 Å².